The summed E-state index contributed by atoms with van der Waals surface area (Å²) >= 11 is 0. The third-order valence-corrected chi connectivity index (χ3v) is 5.03. The van der Waals surface area contributed by atoms with Crippen molar-refractivity contribution in [2.75, 3.05) is 0 Å². The van der Waals surface area contributed by atoms with Crippen molar-refractivity contribution in [3.05, 3.63) is 36.0 Å². The van der Waals surface area contributed by atoms with E-state index in [4.69, 9.17) is 0 Å². The van der Waals surface area contributed by atoms with Gasteiger partial charge in [-0.3, -0.25) is 13.9 Å². The molecule has 7 nitrogen and oxygen atoms in total. The van der Waals surface area contributed by atoms with Gasteiger partial charge in [0.1, 0.15) is 6.33 Å². The van der Waals surface area contributed by atoms with Gasteiger partial charge < -0.3 is 5.32 Å². The molecular weight excluding hydrogens is 316 g/mol. The van der Waals surface area contributed by atoms with E-state index in [0.717, 1.165) is 17.1 Å². The monoisotopic (exact) mass is 338 g/mol. The largest absolute Gasteiger partial charge is 0.345 e. The van der Waals surface area contributed by atoms with E-state index < -0.39 is 0 Å². The third kappa shape index (κ3) is 2.69. The highest BCUT2D eigenvalue weighted by Crippen LogP contribution is 2.39. The van der Waals surface area contributed by atoms with Gasteiger partial charge in [0, 0.05) is 24.5 Å². The summed E-state index contributed by atoms with van der Waals surface area (Å²) in [7, 11) is 1.87. The lowest BCUT2D eigenvalue weighted by molar-refractivity contribution is 0.0900. The number of fused-ring (bicyclic) bond motifs is 1. The molecule has 4 rings (SSSR count). The zero-order valence-corrected chi connectivity index (χ0v) is 14.9. The van der Waals surface area contributed by atoms with Gasteiger partial charge in [-0.05, 0) is 51.7 Å². The Labute approximate surface area is 146 Å². The Morgan fingerprint density at radius 1 is 1.36 bits per heavy atom. The molecule has 0 bridgehead atoms. The van der Waals surface area contributed by atoms with Crippen LogP contribution in [0.3, 0.4) is 0 Å². The minimum atomic E-state index is -0.221. The standard InChI is InChI=1S/C18H22N6O/c1-11-9-13(14-7-8-20-23(14)4)21-16-15(19-10-24(11)16)17(25)22-18(2,3)12-5-6-12/h7-10,12H,5-6H2,1-4H3,(H,22,25). The first-order valence-electron chi connectivity index (χ1n) is 8.52. The summed E-state index contributed by atoms with van der Waals surface area (Å²) in [6, 6.07) is 3.88. The molecule has 0 unspecified atom stereocenters. The maximum Gasteiger partial charge on any atom is 0.274 e. The van der Waals surface area contributed by atoms with Crippen LogP contribution in [0.2, 0.25) is 0 Å². The normalized spacial score (nSPS) is 14.9. The molecule has 0 saturated heterocycles. The second-order valence-electron chi connectivity index (χ2n) is 7.36. The molecule has 0 spiro atoms. The Bertz CT molecular complexity index is 963. The van der Waals surface area contributed by atoms with Gasteiger partial charge in [0.2, 0.25) is 0 Å². The molecule has 1 N–H and O–H groups in total. The number of rotatable bonds is 4. The van der Waals surface area contributed by atoms with Gasteiger partial charge in [0.25, 0.3) is 5.91 Å². The lowest BCUT2D eigenvalue weighted by atomic mass is 9.98. The van der Waals surface area contributed by atoms with Crippen LogP contribution in [0, 0.1) is 12.8 Å². The Morgan fingerprint density at radius 3 is 2.76 bits per heavy atom. The molecule has 7 heteroatoms. The Morgan fingerprint density at radius 2 is 2.12 bits per heavy atom. The molecule has 1 aliphatic rings. The van der Waals surface area contributed by atoms with E-state index in [2.05, 4.69) is 34.2 Å². The first kappa shape index (κ1) is 15.8. The van der Waals surface area contributed by atoms with E-state index in [9.17, 15) is 4.79 Å². The maximum atomic E-state index is 12.8. The quantitative estimate of drug-likeness (QED) is 0.792. The zero-order valence-electron chi connectivity index (χ0n) is 14.9. The Kier molecular flexibility index (Phi) is 3.42. The number of hydrogen-bond donors (Lipinski definition) is 1. The summed E-state index contributed by atoms with van der Waals surface area (Å²) in [6.07, 6.45) is 5.72. The van der Waals surface area contributed by atoms with Crippen LogP contribution in [-0.4, -0.2) is 35.6 Å². The highest BCUT2D eigenvalue weighted by Gasteiger charge is 2.39. The molecule has 1 saturated carbocycles. The van der Waals surface area contributed by atoms with Crippen molar-refractivity contribution in [2.45, 2.75) is 39.2 Å². The smallest absolute Gasteiger partial charge is 0.274 e. The van der Waals surface area contributed by atoms with E-state index in [0.29, 0.717) is 17.3 Å². The summed E-state index contributed by atoms with van der Waals surface area (Å²) in [5, 5.41) is 7.32. The van der Waals surface area contributed by atoms with Crippen molar-refractivity contribution in [3.8, 4) is 11.4 Å². The molecule has 1 amide bonds. The Balaban J connectivity index is 1.76. The van der Waals surface area contributed by atoms with Gasteiger partial charge in [0.05, 0.1) is 11.4 Å². The van der Waals surface area contributed by atoms with Gasteiger partial charge >= 0.3 is 0 Å². The average molecular weight is 338 g/mol. The number of carbonyl (C=O) groups is 1. The van der Waals surface area contributed by atoms with Crippen molar-refractivity contribution < 1.29 is 4.79 Å². The van der Waals surface area contributed by atoms with Crippen LogP contribution in [0.4, 0.5) is 0 Å². The fourth-order valence-electron chi connectivity index (χ4n) is 3.30. The molecule has 0 aromatic carbocycles. The number of imidazole rings is 1. The molecule has 1 fully saturated rings. The van der Waals surface area contributed by atoms with E-state index in [-0.39, 0.29) is 11.4 Å². The molecule has 0 atom stereocenters. The molecule has 0 radical (unpaired) electrons. The van der Waals surface area contributed by atoms with Gasteiger partial charge in [-0.25, -0.2) is 9.97 Å². The van der Waals surface area contributed by atoms with Crippen LogP contribution in [0.25, 0.3) is 17.0 Å². The van der Waals surface area contributed by atoms with E-state index in [1.807, 2.05) is 30.5 Å². The van der Waals surface area contributed by atoms with Crippen molar-refractivity contribution in [1.29, 1.82) is 0 Å². The number of nitrogens with one attached hydrogen (secondary N) is 1. The number of aryl methyl sites for hydroxylation is 2. The number of aromatic nitrogens is 5. The number of amides is 1. The minimum absolute atomic E-state index is 0.173. The van der Waals surface area contributed by atoms with Gasteiger partial charge in [-0.15, -0.1) is 0 Å². The van der Waals surface area contributed by atoms with E-state index in [1.165, 1.54) is 12.8 Å². The molecule has 130 valence electrons. The van der Waals surface area contributed by atoms with Crippen LogP contribution >= 0.6 is 0 Å². The van der Waals surface area contributed by atoms with Crippen LogP contribution in [0.1, 0.15) is 42.9 Å². The van der Waals surface area contributed by atoms with Crippen molar-refractivity contribution in [3.63, 3.8) is 0 Å². The fraction of sp³-hybridized carbons (Fsp3) is 0.444. The summed E-state index contributed by atoms with van der Waals surface area (Å²) in [5.74, 6) is 0.374. The van der Waals surface area contributed by atoms with Gasteiger partial charge in [-0.2, -0.15) is 5.10 Å². The zero-order chi connectivity index (χ0) is 17.8. The molecular formula is C18H22N6O. The highest BCUT2D eigenvalue weighted by molar-refractivity contribution is 5.98. The van der Waals surface area contributed by atoms with Crippen molar-refractivity contribution >= 4 is 11.6 Å². The third-order valence-electron chi connectivity index (χ3n) is 5.03. The van der Waals surface area contributed by atoms with Gasteiger partial charge in [-0.1, -0.05) is 0 Å². The molecule has 1 aliphatic carbocycles. The van der Waals surface area contributed by atoms with Gasteiger partial charge in [0.15, 0.2) is 11.3 Å². The second-order valence-corrected chi connectivity index (χ2v) is 7.36. The summed E-state index contributed by atoms with van der Waals surface area (Å²) < 4.78 is 3.61. The molecule has 0 aliphatic heterocycles. The second kappa shape index (κ2) is 5.40. The first-order chi connectivity index (χ1) is 11.9. The van der Waals surface area contributed by atoms with E-state index >= 15 is 0 Å². The average Bonchev–Trinajstić information content (AvgIpc) is 3.19. The highest BCUT2D eigenvalue weighted by atomic mass is 16.2. The SMILES string of the molecule is Cc1cc(-c2ccnn2C)nc2c(C(=O)NC(C)(C)C3CC3)ncn12. The number of nitrogens with zero attached hydrogens (tertiary/aromatic N) is 5. The molecule has 25 heavy (non-hydrogen) atoms. The van der Waals surface area contributed by atoms with Crippen molar-refractivity contribution in [2.24, 2.45) is 13.0 Å². The van der Waals surface area contributed by atoms with Crippen molar-refractivity contribution in [1.82, 2.24) is 29.5 Å². The summed E-state index contributed by atoms with van der Waals surface area (Å²) in [6.45, 7) is 6.12. The Hall–Kier alpha value is -2.70. The predicted molar refractivity (Wildman–Crippen MR) is 94.2 cm³/mol. The van der Waals surface area contributed by atoms with Crippen LogP contribution in [0.5, 0.6) is 0 Å². The number of hydrogen-bond acceptors (Lipinski definition) is 4. The molecule has 3 aromatic rings. The molecule has 3 aromatic heterocycles. The first-order valence-corrected chi connectivity index (χ1v) is 8.52. The number of carbonyl (C=O) groups excluding carboxylic acids is 1. The fourth-order valence-corrected chi connectivity index (χ4v) is 3.30. The topological polar surface area (TPSA) is 77.1 Å². The van der Waals surface area contributed by atoms with E-state index in [1.54, 1.807) is 17.2 Å². The van der Waals surface area contributed by atoms with Crippen LogP contribution < -0.4 is 5.32 Å². The minimum Gasteiger partial charge on any atom is -0.345 e. The summed E-state index contributed by atoms with van der Waals surface area (Å²) in [5.41, 5.74) is 3.36. The maximum absolute atomic E-state index is 12.8. The molecule has 3 heterocycles. The van der Waals surface area contributed by atoms with Crippen LogP contribution in [0.15, 0.2) is 24.7 Å². The lowest BCUT2D eigenvalue weighted by Crippen LogP contribution is -2.45. The van der Waals surface area contributed by atoms with Crippen LogP contribution in [-0.2, 0) is 7.05 Å². The predicted octanol–water partition coefficient (Wildman–Crippen LogP) is 2.36. The summed E-state index contributed by atoms with van der Waals surface area (Å²) in [4.78, 5) is 21.8. The lowest BCUT2D eigenvalue weighted by Gasteiger charge is -2.25.